The van der Waals surface area contributed by atoms with Gasteiger partial charge in [-0.3, -0.25) is 9.59 Å². The Kier molecular flexibility index (Phi) is 6.19. The van der Waals surface area contributed by atoms with Crippen molar-refractivity contribution in [1.29, 1.82) is 0 Å². The van der Waals surface area contributed by atoms with Crippen LogP contribution in [-0.4, -0.2) is 22.6 Å². The van der Waals surface area contributed by atoms with Gasteiger partial charge in [0.15, 0.2) is 0 Å². The number of carbonyl (C=O) groups excluding carboxylic acids is 1. The summed E-state index contributed by atoms with van der Waals surface area (Å²) in [5, 5.41) is 10.1. The molecule has 0 amide bonds. The minimum atomic E-state index is -1.26. The number of carboxylic acid groups (broad SMARTS) is 1. The summed E-state index contributed by atoms with van der Waals surface area (Å²) in [5.74, 6) is -1.48. The van der Waals surface area contributed by atoms with Crippen molar-refractivity contribution in [2.45, 2.75) is 45.6 Å². The predicted molar refractivity (Wildman–Crippen MR) is 101 cm³/mol. The first-order valence-corrected chi connectivity index (χ1v) is 8.73. The SMILES string of the molecule is CC(C)(C)OC(=O)CC(Cc1ccccc1)(Cc1ccccc1)C(=O)O. The standard InChI is InChI=1S/C22H26O4/c1-21(2,3)26-19(23)16-22(20(24)25,14-17-10-6-4-7-11-17)15-18-12-8-5-9-13-18/h4-13H,14-16H2,1-3H3,(H,24,25). The number of esters is 1. The molecule has 0 radical (unpaired) electrons. The summed E-state index contributed by atoms with van der Waals surface area (Å²) in [5.41, 5.74) is -0.143. The Bertz CT molecular complexity index is 688. The van der Waals surface area contributed by atoms with Gasteiger partial charge in [-0.15, -0.1) is 0 Å². The lowest BCUT2D eigenvalue weighted by Gasteiger charge is -2.30. The molecule has 4 nitrogen and oxygen atoms in total. The molecule has 0 saturated heterocycles. The van der Waals surface area contributed by atoms with Gasteiger partial charge in [0.05, 0.1) is 11.8 Å². The van der Waals surface area contributed by atoms with Crippen molar-refractivity contribution in [3.8, 4) is 0 Å². The van der Waals surface area contributed by atoms with Crippen molar-refractivity contribution in [3.05, 3.63) is 71.8 Å². The maximum Gasteiger partial charge on any atom is 0.310 e. The number of ether oxygens (including phenoxy) is 1. The van der Waals surface area contributed by atoms with Crippen LogP contribution in [0.1, 0.15) is 38.3 Å². The van der Waals surface area contributed by atoms with Gasteiger partial charge in [-0.05, 0) is 44.7 Å². The summed E-state index contributed by atoms with van der Waals surface area (Å²) in [7, 11) is 0. The lowest BCUT2D eigenvalue weighted by atomic mass is 9.74. The second-order valence-electron chi connectivity index (χ2n) is 7.67. The molecule has 2 aromatic carbocycles. The Morgan fingerprint density at radius 1 is 0.846 bits per heavy atom. The monoisotopic (exact) mass is 354 g/mol. The summed E-state index contributed by atoms with van der Waals surface area (Å²) in [6, 6.07) is 18.8. The fourth-order valence-electron chi connectivity index (χ4n) is 3.04. The maximum atomic E-state index is 12.5. The van der Waals surface area contributed by atoms with Gasteiger partial charge in [0.25, 0.3) is 0 Å². The van der Waals surface area contributed by atoms with E-state index in [1.165, 1.54) is 0 Å². The number of hydrogen-bond donors (Lipinski definition) is 1. The lowest BCUT2D eigenvalue weighted by Crippen LogP contribution is -2.40. The molecule has 0 bridgehead atoms. The molecule has 0 saturated carbocycles. The second kappa shape index (κ2) is 8.17. The second-order valence-corrected chi connectivity index (χ2v) is 7.67. The average molecular weight is 354 g/mol. The molecule has 2 aromatic rings. The summed E-state index contributed by atoms with van der Waals surface area (Å²) < 4.78 is 5.42. The summed E-state index contributed by atoms with van der Waals surface area (Å²) in [6.07, 6.45) is 0.345. The molecule has 0 spiro atoms. The molecule has 4 heteroatoms. The molecule has 0 aliphatic heterocycles. The van der Waals surface area contributed by atoms with Crippen LogP contribution >= 0.6 is 0 Å². The van der Waals surface area contributed by atoms with Crippen LogP contribution in [0.3, 0.4) is 0 Å². The van der Waals surface area contributed by atoms with Crippen LogP contribution in [0.4, 0.5) is 0 Å². The molecule has 0 aromatic heterocycles. The highest BCUT2D eigenvalue weighted by Gasteiger charge is 2.42. The summed E-state index contributed by atoms with van der Waals surface area (Å²) in [4.78, 5) is 24.8. The lowest BCUT2D eigenvalue weighted by molar-refractivity contribution is -0.165. The van der Waals surface area contributed by atoms with Crippen molar-refractivity contribution in [2.75, 3.05) is 0 Å². The van der Waals surface area contributed by atoms with E-state index in [9.17, 15) is 14.7 Å². The average Bonchev–Trinajstić information content (AvgIpc) is 2.54. The molecule has 0 heterocycles. The Morgan fingerprint density at radius 2 is 1.27 bits per heavy atom. The molecule has 0 aliphatic carbocycles. The highest BCUT2D eigenvalue weighted by atomic mass is 16.6. The smallest absolute Gasteiger partial charge is 0.310 e. The van der Waals surface area contributed by atoms with Crippen molar-refractivity contribution in [1.82, 2.24) is 0 Å². The number of rotatable bonds is 7. The van der Waals surface area contributed by atoms with Crippen molar-refractivity contribution < 1.29 is 19.4 Å². The number of carboxylic acids is 1. The largest absolute Gasteiger partial charge is 0.481 e. The van der Waals surface area contributed by atoms with E-state index in [1.807, 2.05) is 60.7 Å². The van der Waals surface area contributed by atoms with Crippen molar-refractivity contribution in [3.63, 3.8) is 0 Å². The van der Waals surface area contributed by atoms with Crippen LogP contribution in [0.25, 0.3) is 0 Å². The molecule has 138 valence electrons. The van der Waals surface area contributed by atoms with Crippen molar-refractivity contribution >= 4 is 11.9 Å². The molecular formula is C22H26O4. The minimum absolute atomic E-state index is 0.177. The highest BCUT2D eigenvalue weighted by molar-refractivity contribution is 5.83. The van der Waals surface area contributed by atoms with E-state index in [2.05, 4.69) is 0 Å². The molecule has 0 unspecified atom stereocenters. The van der Waals surface area contributed by atoms with E-state index in [0.717, 1.165) is 11.1 Å². The Balaban J connectivity index is 2.36. The summed E-state index contributed by atoms with van der Waals surface area (Å²) >= 11 is 0. The Morgan fingerprint density at radius 3 is 1.62 bits per heavy atom. The highest BCUT2D eigenvalue weighted by Crippen LogP contribution is 2.33. The molecular weight excluding hydrogens is 328 g/mol. The van der Waals surface area contributed by atoms with Crippen LogP contribution in [0.5, 0.6) is 0 Å². The topological polar surface area (TPSA) is 63.6 Å². The third kappa shape index (κ3) is 5.73. The number of hydrogen-bond acceptors (Lipinski definition) is 3. The Hall–Kier alpha value is -2.62. The van der Waals surface area contributed by atoms with E-state index >= 15 is 0 Å². The molecule has 1 N–H and O–H groups in total. The predicted octanol–water partition coefficient (Wildman–Crippen LogP) is 4.27. The first-order chi connectivity index (χ1) is 12.2. The molecule has 0 atom stereocenters. The zero-order valence-electron chi connectivity index (χ0n) is 15.6. The number of benzene rings is 2. The maximum absolute atomic E-state index is 12.5. The van der Waals surface area contributed by atoms with Gasteiger partial charge in [-0.25, -0.2) is 0 Å². The van der Waals surface area contributed by atoms with Gasteiger partial charge < -0.3 is 9.84 Å². The van der Waals surface area contributed by atoms with Gasteiger partial charge in [0.2, 0.25) is 0 Å². The van der Waals surface area contributed by atoms with Crippen molar-refractivity contribution in [2.24, 2.45) is 5.41 Å². The zero-order valence-corrected chi connectivity index (χ0v) is 15.6. The number of carbonyl (C=O) groups is 2. The fraction of sp³-hybridized carbons (Fsp3) is 0.364. The molecule has 0 fully saturated rings. The van der Waals surface area contributed by atoms with Crippen LogP contribution < -0.4 is 0 Å². The quantitative estimate of drug-likeness (QED) is 0.754. The van der Waals surface area contributed by atoms with Crippen LogP contribution in [0.15, 0.2) is 60.7 Å². The Labute approximate surface area is 154 Å². The third-order valence-electron chi connectivity index (χ3n) is 4.13. The van der Waals surface area contributed by atoms with E-state index in [1.54, 1.807) is 20.8 Å². The van der Waals surface area contributed by atoms with Crippen LogP contribution in [0, 0.1) is 5.41 Å². The molecule has 26 heavy (non-hydrogen) atoms. The van der Waals surface area contributed by atoms with E-state index in [-0.39, 0.29) is 19.3 Å². The van der Waals surface area contributed by atoms with Gasteiger partial charge in [0, 0.05) is 0 Å². The third-order valence-corrected chi connectivity index (χ3v) is 4.13. The van der Waals surface area contributed by atoms with Gasteiger partial charge in [-0.2, -0.15) is 0 Å². The normalized spacial score (nSPS) is 11.8. The first kappa shape index (κ1) is 19.7. The first-order valence-electron chi connectivity index (χ1n) is 8.73. The van der Waals surface area contributed by atoms with Crippen LogP contribution in [-0.2, 0) is 27.2 Å². The van der Waals surface area contributed by atoms with E-state index in [0.29, 0.717) is 0 Å². The number of aliphatic carboxylic acids is 1. The van der Waals surface area contributed by atoms with Gasteiger partial charge >= 0.3 is 11.9 Å². The van der Waals surface area contributed by atoms with Crippen LogP contribution in [0.2, 0.25) is 0 Å². The van der Waals surface area contributed by atoms with Gasteiger partial charge in [0.1, 0.15) is 5.60 Å². The molecule has 2 rings (SSSR count). The molecule has 0 aliphatic rings. The van der Waals surface area contributed by atoms with E-state index < -0.39 is 23.0 Å². The zero-order chi connectivity index (χ0) is 19.2. The fourth-order valence-corrected chi connectivity index (χ4v) is 3.04. The minimum Gasteiger partial charge on any atom is -0.481 e. The van der Waals surface area contributed by atoms with E-state index in [4.69, 9.17) is 4.74 Å². The summed E-state index contributed by atoms with van der Waals surface area (Å²) in [6.45, 7) is 5.34. The van der Waals surface area contributed by atoms with Gasteiger partial charge in [-0.1, -0.05) is 60.7 Å².